The van der Waals surface area contributed by atoms with Crippen molar-refractivity contribution >= 4 is 18.0 Å². The standard InChI is InChI=1S/C19H15N/c1-2-3-13-18-14-7-8-15-19(18)20-16-9-12-17-10-5-4-6-11-17/h2,4-12,14-16H,1H2/b12-9+,20-16?. The minimum atomic E-state index is 0.861. The van der Waals surface area contributed by atoms with E-state index in [-0.39, 0.29) is 0 Å². The van der Waals surface area contributed by atoms with Crippen LogP contribution in [0.25, 0.3) is 6.08 Å². The first kappa shape index (κ1) is 13.6. The molecule has 0 aromatic heterocycles. The van der Waals surface area contributed by atoms with Crippen molar-refractivity contribution in [1.82, 2.24) is 0 Å². The molecule has 2 rings (SSSR count). The summed E-state index contributed by atoms with van der Waals surface area (Å²) in [5.41, 5.74) is 2.91. The molecular weight excluding hydrogens is 242 g/mol. The molecule has 0 radical (unpaired) electrons. The van der Waals surface area contributed by atoms with Crippen LogP contribution in [0.4, 0.5) is 5.69 Å². The molecule has 0 spiro atoms. The molecule has 0 atom stereocenters. The van der Waals surface area contributed by atoms with Gasteiger partial charge in [0.2, 0.25) is 0 Å². The Labute approximate surface area is 120 Å². The van der Waals surface area contributed by atoms with Crippen LogP contribution in [-0.4, -0.2) is 6.21 Å². The summed E-state index contributed by atoms with van der Waals surface area (Å²) in [5, 5.41) is 0. The molecule has 0 amide bonds. The lowest BCUT2D eigenvalue weighted by molar-refractivity contribution is 1.51. The van der Waals surface area contributed by atoms with Crippen molar-refractivity contribution in [3.05, 3.63) is 84.5 Å². The van der Waals surface area contributed by atoms with E-state index < -0.39 is 0 Å². The van der Waals surface area contributed by atoms with Gasteiger partial charge in [0.1, 0.15) is 0 Å². The summed E-state index contributed by atoms with van der Waals surface area (Å²) < 4.78 is 0. The number of benzene rings is 2. The first-order valence-corrected chi connectivity index (χ1v) is 6.37. The highest BCUT2D eigenvalue weighted by molar-refractivity contribution is 5.81. The molecule has 0 aliphatic rings. The Kier molecular flexibility index (Phi) is 5.13. The normalized spacial score (nSPS) is 10.4. The molecule has 0 N–H and O–H groups in total. The Balaban J connectivity index is 2.12. The molecule has 0 saturated carbocycles. The maximum absolute atomic E-state index is 4.43. The smallest absolute Gasteiger partial charge is 0.0786 e. The Morgan fingerprint density at radius 3 is 2.50 bits per heavy atom. The number of hydrogen-bond acceptors (Lipinski definition) is 1. The molecule has 0 unspecified atom stereocenters. The number of rotatable bonds is 3. The fraction of sp³-hybridized carbons (Fsp3) is 0. The van der Waals surface area contributed by atoms with Crippen LogP contribution in [0.15, 0.2) is 78.3 Å². The third-order valence-electron chi connectivity index (χ3n) is 2.60. The highest BCUT2D eigenvalue weighted by Gasteiger charge is 1.93. The van der Waals surface area contributed by atoms with Crippen LogP contribution in [-0.2, 0) is 0 Å². The van der Waals surface area contributed by atoms with E-state index >= 15 is 0 Å². The van der Waals surface area contributed by atoms with E-state index in [9.17, 15) is 0 Å². The van der Waals surface area contributed by atoms with Crippen molar-refractivity contribution in [3.8, 4) is 11.8 Å². The van der Waals surface area contributed by atoms with Crippen LogP contribution in [0.2, 0.25) is 0 Å². The number of allylic oxidation sites excluding steroid dienone is 2. The van der Waals surface area contributed by atoms with Gasteiger partial charge in [0.25, 0.3) is 0 Å². The molecule has 0 fully saturated rings. The lowest BCUT2D eigenvalue weighted by Gasteiger charge is -1.96. The zero-order valence-corrected chi connectivity index (χ0v) is 11.2. The molecule has 0 saturated heterocycles. The maximum Gasteiger partial charge on any atom is 0.0786 e. The number of nitrogens with zero attached hydrogens (tertiary/aromatic N) is 1. The SMILES string of the molecule is C=CC#Cc1ccccc1N=C/C=C/c1ccccc1. The Morgan fingerprint density at radius 2 is 1.70 bits per heavy atom. The Bertz CT molecular complexity index is 682. The number of aliphatic imine (C=N–C) groups is 1. The summed E-state index contributed by atoms with van der Waals surface area (Å²) >= 11 is 0. The van der Waals surface area contributed by atoms with Crippen LogP contribution < -0.4 is 0 Å². The molecule has 2 aromatic rings. The fourth-order valence-corrected chi connectivity index (χ4v) is 1.66. The molecule has 1 heteroatoms. The highest BCUT2D eigenvalue weighted by atomic mass is 14.7. The molecule has 0 aliphatic carbocycles. The summed E-state index contributed by atoms with van der Waals surface area (Å²) in [7, 11) is 0. The molecule has 0 bridgehead atoms. The van der Waals surface area contributed by atoms with Gasteiger partial charge < -0.3 is 0 Å². The van der Waals surface area contributed by atoms with Gasteiger partial charge in [0, 0.05) is 6.21 Å². The molecular formula is C19H15N. The van der Waals surface area contributed by atoms with Crippen molar-refractivity contribution in [2.45, 2.75) is 0 Å². The Morgan fingerprint density at radius 1 is 0.950 bits per heavy atom. The first-order chi connectivity index (χ1) is 9.90. The van der Waals surface area contributed by atoms with E-state index in [2.05, 4.69) is 23.4 Å². The van der Waals surface area contributed by atoms with Crippen LogP contribution in [0.1, 0.15) is 11.1 Å². The van der Waals surface area contributed by atoms with E-state index in [4.69, 9.17) is 0 Å². The van der Waals surface area contributed by atoms with E-state index in [0.29, 0.717) is 0 Å². The molecule has 96 valence electrons. The average Bonchev–Trinajstić information content (AvgIpc) is 2.51. The van der Waals surface area contributed by atoms with E-state index in [0.717, 1.165) is 16.8 Å². The van der Waals surface area contributed by atoms with Gasteiger partial charge in [-0.15, -0.1) is 0 Å². The molecule has 1 nitrogen and oxygen atoms in total. The second-order valence-corrected chi connectivity index (χ2v) is 4.04. The summed E-state index contributed by atoms with van der Waals surface area (Å²) in [5.74, 6) is 5.86. The highest BCUT2D eigenvalue weighted by Crippen LogP contribution is 2.16. The lowest BCUT2D eigenvalue weighted by Crippen LogP contribution is -1.76. The second kappa shape index (κ2) is 7.56. The summed E-state index contributed by atoms with van der Waals surface area (Å²) in [6.07, 6.45) is 7.30. The van der Waals surface area contributed by atoms with Crippen molar-refractivity contribution < 1.29 is 0 Å². The Hall–Kier alpha value is -2.85. The van der Waals surface area contributed by atoms with Crippen molar-refractivity contribution in [1.29, 1.82) is 0 Å². The van der Waals surface area contributed by atoms with Crippen molar-refractivity contribution in [2.24, 2.45) is 4.99 Å². The first-order valence-electron chi connectivity index (χ1n) is 6.37. The second-order valence-electron chi connectivity index (χ2n) is 4.04. The molecule has 0 heterocycles. The topological polar surface area (TPSA) is 12.4 Å². The van der Waals surface area contributed by atoms with Crippen LogP contribution in [0, 0.1) is 11.8 Å². The quantitative estimate of drug-likeness (QED) is 0.561. The summed E-state index contributed by atoms with van der Waals surface area (Å²) in [4.78, 5) is 4.43. The zero-order valence-electron chi connectivity index (χ0n) is 11.2. The average molecular weight is 257 g/mol. The molecule has 2 aromatic carbocycles. The van der Waals surface area contributed by atoms with E-state index in [1.165, 1.54) is 0 Å². The number of hydrogen-bond donors (Lipinski definition) is 0. The van der Waals surface area contributed by atoms with Gasteiger partial charge in [0.15, 0.2) is 0 Å². The van der Waals surface area contributed by atoms with Crippen molar-refractivity contribution in [3.63, 3.8) is 0 Å². The maximum atomic E-state index is 4.43. The van der Waals surface area contributed by atoms with E-state index in [1.54, 1.807) is 12.3 Å². The van der Waals surface area contributed by atoms with Gasteiger partial charge in [-0.1, -0.05) is 67.0 Å². The number of para-hydroxylation sites is 1. The molecule has 0 aliphatic heterocycles. The summed E-state index contributed by atoms with van der Waals surface area (Å²) in [6.45, 7) is 3.59. The van der Waals surface area contributed by atoms with Gasteiger partial charge >= 0.3 is 0 Å². The predicted octanol–water partition coefficient (Wildman–Crippen LogP) is 4.64. The predicted molar refractivity (Wildman–Crippen MR) is 87.1 cm³/mol. The largest absolute Gasteiger partial charge is 0.256 e. The third-order valence-corrected chi connectivity index (χ3v) is 2.60. The van der Waals surface area contributed by atoms with Gasteiger partial charge in [-0.2, -0.15) is 0 Å². The van der Waals surface area contributed by atoms with Gasteiger partial charge in [-0.25, -0.2) is 0 Å². The van der Waals surface area contributed by atoms with Gasteiger partial charge in [-0.3, -0.25) is 4.99 Å². The molecule has 20 heavy (non-hydrogen) atoms. The van der Waals surface area contributed by atoms with Crippen molar-refractivity contribution in [2.75, 3.05) is 0 Å². The lowest BCUT2D eigenvalue weighted by atomic mass is 10.2. The zero-order chi connectivity index (χ0) is 14.0. The van der Waals surface area contributed by atoms with E-state index in [1.807, 2.05) is 66.7 Å². The third kappa shape index (κ3) is 4.12. The minimum absolute atomic E-state index is 0.861. The van der Waals surface area contributed by atoms with Crippen LogP contribution in [0.5, 0.6) is 0 Å². The van der Waals surface area contributed by atoms with Gasteiger partial charge in [-0.05, 0) is 29.8 Å². The minimum Gasteiger partial charge on any atom is -0.256 e. The van der Waals surface area contributed by atoms with Gasteiger partial charge in [0.05, 0.1) is 11.3 Å². The summed E-state index contributed by atoms with van der Waals surface area (Å²) in [6, 6.07) is 17.9. The van der Waals surface area contributed by atoms with Crippen LogP contribution >= 0.6 is 0 Å². The monoisotopic (exact) mass is 257 g/mol. The fourth-order valence-electron chi connectivity index (χ4n) is 1.66. The van der Waals surface area contributed by atoms with Crippen LogP contribution in [0.3, 0.4) is 0 Å².